The van der Waals surface area contributed by atoms with Crippen molar-refractivity contribution in [2.75, 3.05) is 18.9 Å². The molecule has 0 radical (unpaired) electrons. The Morgan fingerprint density at radius 2 is 2.14 bits per heavy atom. The summed E-state index contributed by atoms with van der Waals surface area (Å²) in [7, 11) is 0. The summed E-state index contributed by atoms with van der Waals surface area (Å²) in [6, 6.07) is 8.88. The van der Waals surface area contributed by atoms with E-state index in [1.807, 2.05) is 19.1 Å². The van der Waals surface area contributed by atoms with Crippen LogP contribution in [0.15, 0.2) is 42.7 Å². The third-order valence-electron chi connectivity index (χ3n) is 2.91. The first kappa shape index (κ1) is 14.8. The monoisotopic (exact) mass is 286 g/mol. The highest BCUT2D eigenvalue weighted by Crippen LogP contribution is 2.25. The van der Waals surface area contributed by atoms with Crippen LogP contribution in [0.5, 0.6) is 5.75 Å². The van der Waals surface area contributed by atoms with Gasteiger partial charge >= 0.3 is 5.97 Å². The Hall–Kier alpha value is -2.56. The highest BCUT2D eigenvalue weighted by molar-refractivity contribution is 5.98. The maximum atomic E-state index is 12.2. The van der Waals surface area contributed by atoms with Crippen LogP contribution in [-0.2, 0) is 11.2 Å². The first-order chi connectivity index (χ1) is 10.2. The fourth-order valence-corrected chi connectivity index (χ4v) is 1.92. The second-order valence-corrected chi connectivity index (χ2v) is 4.40. The van der Waals surface area contributed by atoms with Crippen LogP contribution in [0.3, 0.4) is 0 Å². The molecular weight excluding hydrogens is 268 g/mol. The summed E-state index contributed by atoms with van der Waals surface area (Å²) in [6.45, 7) is 2.57. The van der Waals surface area contributed by atoms with Crippen molar-refractivity contribution in [2.24, 2.45) is 0 Å². The van der Waals surface area contributed by atoms with Crippen molar-refractivity contribution in [1.82, 2.24) is 4.98 Å². The Bertz CT molecular complexity index is 600. The molecule has 0 aliphatic rings. The zero-order valence-corrected chi connectivity index (χ0v) is 11.9. The Kier molecular flexibility index (Phi) is 5.15. The number of aromatic nitrogens is 1. The Labute approximate surface area is 123 Å². The van der Waals surface area contributed by atoms with Crippen LogP contribution < -0.4 is 10.5 Å². The molecule has 1 heterocycles. The van der Waals surface area contributed by atoms with Gasteiger partial charge in [0.25, 0.3) is 0 Å². The van der Waals surface area contributed by atoms with Gasteiger partial charge in [-0.05, 0) is 30.7 Å². The van der Waals surface area contributed by atoms with Crippen LogP contribution in [0, 0.1) is 0 Å². The number of nitrogens with zero attached hydrogens (tertiary/aromatic N) is 1. The number of benzene rings is 1. The van der Waals surface area contributed by atoms with Crippen LogP contribution in [0.4, 0.5) is 5.69 Å². The molecule has 1 aromatic carbocycles. The largest absolute Gasteiger partial charge is 0.493 e. The van der Waals surface area contributed by atoms with E-state index in [4.69, 9.17) is 15.2 Å². The van der Waals surface area contributed by atoms with Gasteiger partial charge in [-0.3, -0.25) is 4.98 Å². The number of pyridine rings is 1. The van der Waals surface area contributed by atoms with Crippen LogP contribution in [0.1, 0.15) is 22.8 Å². The van der Waals surface area contributed by atoms with Crippen molar-refractivity contribution in [2.45, 2.75) is 13.3 Å². The molecule has 5 nitrogen and oxygen atoms in total. The van der Waals surface area contributed by atoms with Crippen molar-refractivity contribution in [1.29, 1.82) is 0 Å². The van der Waals surface area contributed by atoms with Gasteiger partial charge < -0.3 is 15.2 Å². The van der Waals surface area contributed by atoms with E-state index in [0.29, 0.717) is 24.5 Å². The minimum atomic E-state index is -0.472. The minimum absolute atomic E-state index is 0.268. The molecule has 2 N–H and O–H groups in total. The topological polar surface area (TPSA) is 74.4 Å². The van der Waals surface area contributed by atoms with Crippen LogP contribution >= 0.6 is 0 Å². The Morgan fingerprint density at radius 3 is 2.86 bits per heavy atom. The van der Waals surface area contributed by atoms with Gasteiger partial charge in [0.2, 0.25) is 0 Å². The Morgan fingerprint density at radius 1 is 1.29 bits per heavy atom. The number of rotatable bonds is 6. The highest BCUT2D eigenvalue weighted by Gasteiger charge is 2.17. The number of esters is 1. The van der Waals surface area contributed by atoms with Gasteiger partial charge in [0.1, 0.15) is 11.3 Å². The third-order valence-corrected chi connectivity index (χ3v) is 2.91. The van der Waals surface area contributed by atoms with E-state index >= 15 is 0 Å². The summed E-state index contributed by atoms with van der Waals surface area (Å²) in [5, 5.41) is 0. The van der Waals surface area contributed by atoms with E-state index in [1.54, 1.807) is 30.6 Å². The van der Waals surface area contributed by atoms with Gasteiger partial charge in [-0.2, -0.15) is 0 Å². The van der Waals surface area contributed by atoms with E-state index in [1.165, 1.54) is 0 Å². The fourth-order valence-electron chi connectivity index (χ4n) is 1.92. The lowest BCUT2D eigenvalue weighted by molar-refractivity contribution is 0.0506. The predicted octanol–water partition coefficient (Wildman–Crippen LogP) is 2.46. The highest BCUT2D eigenvalue weighted by atomic mass is 16.5. The second-order valence-electron chi connectivity index (χ2n) is 4.40. The molecular formula is C16H18N2O3. The third kappa shape index (κ3) is 3.95. The number of carbonyl (C=O) groups is 1. The second kappa shape index (κ2) is 7.28. The summed E-state index contributed by atoms with van der Waals surface area (Å²) in [5.41, 5.74) is 7.49. The lowest BCUT2D eigenvalue weighted by Gasteiger charge is -2.12. The van der Waals surface area contributed by atoms with E-state index in [9.17, 15) is 4.79 Å². The number of anilines is 1. The standard InChI is InChI=1S/C16H18N2O3/c1-2-20-14-7-3-6-13(17)15(14)16(19)21-10-8-12-5-4-9-18-11-12/h3-7,9,11H,2,8,10,17H2,1H3. The number of nitrogen functional groups attached to an aromatic ring is 1. The van der Waals surface area contributed by atoms with Gasteiger partial charge in [0, 0.05) is 24.5 Å². The quantitative estimate of drug-likeness (QED) is 0.652. The molecule has 0 atom stereocenters. The summed E-state index contributed by atoms with van der Waals surface area (Å²) in [5.74, 6) is -0.0238. The molecule has 0 aliphatic carbocycles. The summed E-state index contributed by atoms with van der Waals surface area (Å²) in [4.78, 5) is 16.2. The van der Waals surface area contributed by atoms with Gasteiger partial charge in [-0.15, -0.1) is 0 Å². The molecule has 110 valence electrons. The van der Waals surface area contributed by atoms with E-state index < -0.39 is 5.97 Å². The molecule has 0 saturated carbocycles. The normalized spacial score (nSPS) is 10.1. The molecule has 0 amide bonds. The van der Waals surface area contributed by atoms with Crippen LogP contribution in [0.2, 0.25) is 0 Å². The van der Waals surface area contributed by atoms with Crippen LogP contribution in [-0.4, -0.2) is 24.2 Å². The van der Waals surface area contributed by atoms with Crippen molar-refractivity contribution in [3.63, 3.8) is 0 Å². The first-order valence-corrected chi connectivity index (χ1v) is 6.79. The molecule has 0 aliphatic heterocycles. The smallest absolute Gasteiger partial charge is 0.344 e. The summed E-state index contributed by atoms with van der Waals surface area (Å²) in [6.07, 6.45) is 4.06. The summed E-state index contributed by atoms with van der Waals surface area (Å²) < 4.78 is 10.7. The SMILES string of the molecule is CCOc1cccc(N)c1C(=O)OCCc1cccnc1. The average molecular weight is 286 g/mol. The molecule has 0 spiro atoms. The fraction of sp³-hybridized carbons (Fsp3) is 0.250. The number of nitrogens with two attached hydrogens (primary N) is 1. The molecule has 2 rings (SSSR count). The number of carbonyl (C=O) groups excluding carboxylic acids is 1. The number of hydrogen-bond acceptors (Lipinski definition) is 5. The van der Waals surface area contributed by atoms with Crippen LogP contribution in [0.25, 0.3) is 0 Å². The van der Waals surface area contributed by atoms with Gasteiger partial charge in [-0.25, -0.2) is 4.79 Å². The van der Waals surface area contributed by atoms with Crippen molar-refractivity contribution in [3.05, 3.63) is 53.9 Å². The zero-order valence-electron chi connectivity index (χ0n) is 11.9. The Balaban J connectivity index is 2.00. The van der Waals surface area contributed by atoms with E-state index in [0.717, 1.165) is 5.56 Å². The van der Waals surface area contributed by atoms with E-state index in [-0.39, 0.29) is 12.2 Å². The molecule has 5 heteroatoms. The molecule has 1 aromatic heterocycles. The average Bonchev–Trinajstić information content (AvgIpc) is 2.48. The number of hydrogen-bond donors (Lipinski definition) is 1. The molecule has 21 heavy (non-hydrogen) atoms. The summed E-state index contributed by atoms with van der Waals surface area (Å²) >= 11 is 0. The molecule has 0 saturated heterocycles. The predicted molar refractivity (Wildman–Crippen MR) is 80.2 cm³/mol. The zero-order chi connectivity index (χ0) is 15.1. The molecule has 2 aromatic rings. The lowest BCUT2D eigenvalue weighted by Crippen LogP contribution is -2.12. The van der Waals surface area contributed by atoms with E-state index in [2.05, 4.69) is 4.98 Å². The van der Waals surface area contributed by atoms with Gasteiger partial charge in [-0.1, -0.05) is 12.1 Å². The first-order valence-electron chi connectivity index (χ1n) is 6.79. The van der Waals surface area contributed by atoms with Crippen molar-refractivity contribution < 1.29 is 14.3 Å². The minimum Gasteiger partial charge on any atom is -0.493 e. The molecule has 0 fully saturated rings. The molecule has 0 bridgehead atoms. The van der Waals surface area contributed by atoms with Gasteiger partial charge in [0.15, 0.2) is 0 Å². The lowest BCUT2D eigenvalue weighted by atomic mass is 10.1. The maximum absolute atomic E-state index is 12.2. The molecule has 0 unspecified atom stereocenters. The van der Waals surface area contributed by atoms with Gasteiger partial charge in [0.05, 0.1) is 13.2 Å². The van der Waals surface area contributed by atoms with Crippen molar-refractivity contribution >= 4 is 11.7 Å². The maximum Gasteiger partial charge on any atom is 0.344 e. The number of ether oxygens (including phenoxy) is 2. The van der Waals surface area contributed by atoms with Crippen molar-refractivity contribution in [3.8, 4) is 5.75 Å².